The van der Waals surface area contributed by atoms with Gasteiger partial charge in [-0.2, -0.15) is 0 Å². The van der Waals surface area contributed by atoms with Gasteiger partial charge in [-0.15, -0.1) is 0 Å². The summed E-state index contributed by atoms with van der Waals surface area (Å²) >= 11 is 9.47. The summed E-state index contributed by atoms with van der Waals surface area (Å²) in [5.41, 5.74) is 0.952. The number of aryl methyl sites for hydroxylation is 1. The van der Waals surface area contributed by atoms with Crippen LogP contribution >= 0.6 is 27.5 Å². The third kappa shape index (κ3) is 3.62. The molecule has 1 aliphatic carbocycles. The van der Waals surface area contributed by atoms with Gasteiger partial charge < -0.3 is 9.73 Å². The fraction of sp³-hybridized carbons (Fsp3) is 0.400. The molecule has 0 amide bonds. The molecular formula is C15H16BrClN2O. The van der Waals surface area contributed by atoms with Crippen molar-refractivity contribution < 1.29 is 4.42 Å². The van der Waals surface area contributed by atoms with E-state index in [1.165, 1.54) is 12.8 Å². The van der Waals surface area contributed by atoms with E-state index in [2.05, 4.69) is 26.2 Å². The van der Waals surface area contributed by atoms with Gasteiger partial charge in [-0.05, 0) is 59.9 Å². The molecule has 1 saturated carbocycles. The van der Waals surface area contributed by atoms with Crippen molar-refractivity contribution in [2.24, 2.45) is 0 Å². The number of hydrogen-bond donors (Lipinski definition) is 1. The molecule has 20 heavy (non-hydrogen) atoms. The summed E-state index contributed by atoms with van der Waals surface area (Å²) in [4.78, 5) is 4.33. The number of benzene rings is 1. The maximum atomic E-state index is 6.09. The molecule has 0 aliphatic heterocycles. The Kier molecular flexibility index (Phi) is 4.44. The van der Waals surface area contributed by atoms with Crippen LogP contribution in [-0.4, -0.2) is 17.6 Å². The van der Waals surface area contributed by atoms with Crippen molar-refractivity contribution >= 4 is 27.5 Å². The molecule has 1 aromatic carbocycles. The van der Waals surface area contributed by atoms with Gasteiger partial charge in [-0.25, -0.2) is 4.98 Å². The Morgan fingerprint density at radius 3 is 3.00 bits per heavy atom. The summed E-state index contributed by atoms with van der Waals surface area (Å²) in [7, 11) is 0. The van der Waals surface area contributed by atoms with Crippen LogP contribution in [0.25, 0.3) is 11.3 Å². The van der Waals surface area contributed by atoms with Crippen LogP contribution < -0.4 is 5.32 Å². The van der Waals surface area contributed by atoms with Gasteiger partial charge in [0.2, 0.25) is 0 Å². The topological polar surface area (TPSA) is 38.1 Å². The van der Waals surface area contributed by atoms with Gasteiger partial charge in [0.25, 0.3) is 0 Å². The SMILES string of the molecule is Clc1cc(-c2cnc(CCCNC3CC3)o2)ccc1Br. The summed E-state index contributed by atoms with van der Waals surface area (Å²) < 4.78 is 6.66. The van der Waals surface area contributed by atoms with Crippen molar-refractivity contribution in [3.05, 3.63) is 39.8 Å². The number of nitrogens with one attached hydrogen (secondary N) is 1. The van der Waals surface area contributed by atoms with E-state index >= 15 is 0 Å². The monoisotopic (exact) mass is 354 g/mol. The first-order valence-electron chi connectivity index (χ1n) is 6.86. The van der Waals surface area contributed by atoms with Crippen LogP contribution in [0.15, 0.2) is 33.3 Å². The Morgan fingerprint density at radius 2 is 2.25 bits per heavy atom. The van der Waals surface area contributed by atoms with E-state index in [9.17, 15) is 0 Å². The summed E-state index contributed by atoms with van der Waals surface area (Å²) in [6.45, 7) is 1.03. The van der Waals surface area contributed by atoms with E-state index < -0.39 is 0 Å². The van der Waals surface area contributed by atoms with Crippen LogP contribution in [0, 0.1) is 0 Å². The van der Waals surface area contributed by atoms with E-state index in [1.54, 1.807) is 6.20 Å². The first-order chi connectivity index (χ1) is 9.72. The molecule has 0 radical (unpaired) electrons. The minimum atomic E-state index is 0.675. The molecule has 0 unspecified atom stereocenters. The Balaban J connectivity index is 1.58. The van der Waals surface area contributed by atoms with E-state index in [-0.39, 0.29) is 0 Å². The van der Waals surface area contributed by atoms with Crippen LogP contribution in [0.1, 0.15) is 25.2 Å². The average molecular weight is 356 g/mol. The first-order valence-corrected chi connectivity index (χ1v) is 8.03. The molecule has 0 atom stereocenters. The largest absolute Gasteiger partial charge is 0.441 e. The van der Waals surface area contributed by atoms with Crippen LogP contribution in [0.2, 0.25) is 5.02 Å². The molecule has 1 fully saturated rings. The van der Waals surface area contributed by atoms with Gasteiger partial charge >= 0.3 is 0 Å². The lowest BCUT2D eigenvalue weighted by Crippen LogP contribution is -2.17. The summed E-state index contributed by atoms with van der Waals surface area (Å²) in [5.74, 6) is 1.56. The zero-order valence-electron chi connectivity index (χ0n) is 11.0. The molecule has 1 heterocycles. The van der Waals surface area contributed by atoms with Crippen molar-refractivity contribution in [2.75, 3.05) is 6.54 Å². The Morgan fingerprint density at radius 1 is 1.40 bits per heavy atom. The van der Waals surface area contributed by atoms with Crippen LogP contribution in [-0.2, 0) is 6.42 Å². The second kappa shape index (κ2) is 6.29. The van der Waals surface area contributed by atoms with E-state index in [0.29, 0.717) is 5.02 Å². The van der Waals surface area contributed by atoms with Crippen molar-refractivity contribution in [1.29, 1.82) is 0 Å². The first kappa shape index (κ1) is 14.1. The Labute approximate surface area is 131 Å². The molecule has 0 spiro atoms. The third-order valence-electron chi connectivity index (χ3n) is 3.34. The Bertz CT molecular complexity index is 595. The van der Waals surface area contributed by atoms with E-state index in [0.717, 1.165) is 47.1 Å². The highest BCUT2D eigenvalue weighted by Crippen LogP contribution is 2.29. The molecule has 2 aromatic rings. The number of rotatable bonds is 6. The van der Waals surface area contributed by atoms with Gasteiger partial charge in [-0.3, -0.25) is 0 Å². The van der Waals surface area contributed by atoms with Gasteiger partial charge in [0, 0.05) is 22.5 Å². The third-order valence-corrected chi connectivity index (χ3v) is 4.57. The molecule has 1 N–H and O–H groups in total. The maximum Gasteiger partial charge on any atom is 0.194 e. The van der Waals surface area contributed by atoms with Crippen LogP contribution in [0.4, 0.5) is 0 Å². The van der Waals surface area contributed by atoms with Gasteiger partial charge in [0.05, 0.1) is 11.2 Å². The van der Waals surface area contributed by atoms with E-state index in [1.807, 2.05) is 18.2 Å². The molecule has 3 nitrogen and oxygen atoms in total. The zero-order valence-corrected chi connectivity index (χ0v) is 13.4. The lowest BCUT2D eigenvalue weighted by atomic mass is 10.2. The molecule has 0 bridgehead atoms. The fourth-order valence-electron chi connectivity index (χ4n) is 2.04. The summed E-state index contributed by atoms with van der Waals surface area (Å²) in [6.07, 6.45) is 6.34. The number of halogens is 2. The minimum Gasteiger partial charge on any atom is -0.441 e. The predicted molar refractivity (Wildman–Crippen MR) is 84.0 cm³/mol. The molecule has 3 rings (SSSR count). The molecule has 106 valence electrons. The number of hydrogen-bond acceptors (Lipinski definition) is 3. The van der Waals surface area contributed by atoms with E-state index in [4.69, 9.17) is 16.0 Å². The summed E-state index contributed by atoms with van der Waals surface area (Å²) in [6, 6.07) is 6.53. The second-order valence-corrected chi connectivity index (χ2v) is 6.34. The highest BCUT2D eigenvalue weighted by Gasteiger charge is 2.19. The average Bonchev–Trinajstić information content (AvgIpc) is 3.15. The quantitative estimate of drug-likeness (QED) is 0.778. The molecule has 0 saturated heterocycles. The Hall–Kier alpha value is -0.840. The smallest absolute Gasteiger partial charge is 0.194 e. The predicted octanol–water partition coefficient (Wildman–Crippen LogP) is 4.44. The molecule has 1 aliphatic rings. The van der Waals surface area contributed by atoms with Crippen molar-refractivity contribution in [3.8, 4) is 11.3 Å². The molecule has 1 aromatic heterocycles. The number of oxazole rings is 1. The highest BCUT2D eigenvalue weighted by atomic mass is 79.9. The van der Waals surface area contributed by atoms with Gasteiger partial charge in [0.1, 0.15) is 0 Å². The lowest BCUT2D eigenvalue weighted by molar-refractivity contribution is 0.491. The maximum absolute atomic E-state index is 6.09. The molecular weight excluding hydrogens is 340 g/mol. The van der Waals surface area contributed by atoms with Crippen LogP contribution in [0.3, 0.4) is 0 Å². The standard InChI is InChI=1S/C15H16BrClN2O/c16-12-6-3-10(8-13(12)17)14-9-19-15(20-14)2-1-7-18-11-4-5-11/h3,6,8-9,11,18H,1-2,4-5,7H2. The van der Waals surface area contributed by atoms with Crippen molar-refractivity contribution in [3.63, 3.8) is 0 Å². The number of nitrogens with zero attached hydrogens (tertiary/aromatic N) is 1. The zero-order chi connectivity index (χ0) is 13.9. The lowest BCUT2D eigenvalue weighted by Gasteiger charge is -2.01. The normalized spacial score (nSPS) is 14.7. The van der Waals surface area contributed by atoms with Gasteiger partial charge in [-0.1, -0.05) is 11.6 Å². The molecule has 5 heteroatoms. The fourth-order valence-corrected chi connectivity index (χ4v) is 2.47. The second-order valence-electron chi connectivity index (χ2n) is 5.08. The van der Waals surface area contributed by atoms with Crippen LogP contribution in [0.5, 0.6) is 0 Å². The highest BCUT2D eigenvalue weighted by molar-refractivity contribution is 9.10. The van der Waals surface area contributed by atoms with Gasteiger partial charge in [0.15, 0.2) is 11.7 Å². The summed E-state index contributed by atoms with van der Waals surface area (Å²) in [5, 5.41) is 4.16. The van der Waals surface area contributed by atoms with Crippen molar-refractivity contribution in [2.45, 2.75) is 31.7 Å². The number of aromatic nitrogens is 1. The van der Waals surface area contributed by atoms with Crippen molar-refractivity contribution in [1.82, 2.24) is 10.3 Å². The minimum absolute atomic E-state index is 0.675.